The molecule has 21 heavy (non-hydrogen) atoms. The second-order valence-corrected chi connectivity index (χ2v) is 4.48. The molecule has 1 aromatic heterocycles. The highest BCUT2D eigenvalue weighted by molar-refractivity contribution is 6.06. The van der Waals surface area contributed by atoms with Crippen molar-refractivity contribution in [3.63, 3.8) is 0 Å². The number of amides is 1. The van der Waals surface area contributed by atoms with Gasteiger partial charge in [-0.05, 0) is 31.2 Å². The second-order valence-electron chi connectivity index (χ2n) is 4.48. The van der Waals surface area contributed by atoms with Gasteiger partial charge >= 0.3 is 6.18 Å². The zero-order valence-electron chi connectivity index (χ0n) is 11.3. The molecule has 110 valence electrons. The van der Waals surface area contributed by atoms with Crippen molar-refractivity contribution >= 4 is 11.6 Å². The number of carbonyl (C=O) groups is 1. The van der Waals surface area contributed by atoms with Crippen molar-refractivity contribution < 1.29 is 18.0 Å². The largest absolute Gasteiger partial charge is 0.406 e. The first-order chi connectivity index (χ1) is 9.88. The Hall–Kier alpha value is -2.37. The first-order valence-corrected chi connectivity index (χ1v) is 6.24. The van der Waals surface area contributed by atoms with Gasteiger partial charge in [0.25, 0.3) is 5.91 Å². The van der Waals surface area contributed by atoms with Crippen LogP contribution in [0.1, 0.15) is 16.1 Å². The summed E-state index contributed by atoms with van der Waals surface area (Å²) in [6.45, 7) is 0.244. The summed E-state index contributed by atoms with van der Waals surface area (Å²) in [6, 6.07) is 10.8. The fourth-order valence-corrected chi connectivity index (χ4v) is 1.92. The summed E-state index contributed by atoms with van der Waals surface area (Å²) in [6.07, 6.45) is -3.00. The quantitative estimate of drug-likeness (QED) is 0.866. The standard InChI is InChI=1S/C15H13F3N2O/c1-11-13(8-5-9-19-11)14(21)20(10-15(16,17)18)12-6-3-2-4-7-12/h2-9H,10H2,1H3. The molecule has 0 atom stereocenters. The van der Waals surface area contributed by atoms with Gasteiger partial charge in [-0.2, -0.15) is 13.2 Å². The van der Waals surface area contributed by atoms with Gasteiger partial charge in [-0.3, -0.25) is 14.7 Å². The van der Waals surface area contributed by atoms with Crippen molar-refractivity contribution in [1.82, 2.24) is 4.98 Å². The van der Waals surface area contributed by atoms with Gasteiger partial charge in [0.1, 0.15) is 6.54 Å². The summed E-state index contributed by atoms with van der Waals surface area (Å²) < 4.78 is 38.3. The van der Waals surface area contributed by atoms with E-state index in [1.54, 1.807) is 25.1 Å². The van der Waals surface area contributed by atoms with Crippen molar-refractivity contribution in [1.29, 1.82) is 0 Å². The smallest absolute Gasteiger partial charge is 0.299 e. The third-order valence-electron chi connectivity index (χ3n) is 2.89. The maximum Gasteiger partial charge on any atom is 0.406 e. The number of carbonyl (C=O) groups excluding carboxylic acids is 1. The van der Waals surface area contributed by atoms with Crippen LogP contribution in [0.25, 0.3) is 0 Å². The Morgan fingerprint density at radius 3 is 2.38 bits per heavy atom. The van der Waals surface area contributed by atoms with E-state index in [9.17, 15) is 18.0 Å². The lowest BCUT2D eigenvalue weighted by molar-refractivity contribution is -0.118. The van der Waals surface area contributed by atoms with Crippen LogP contribution in [-0.2, 0) is 0 Å². The van der Waals surface area contributed by atoms with Crippen molar-refractivity contribution in [3.05, 3.63) is 59.9 Å². The predicted octanol–water partition coefficient (Wildman–Crippen LogP) is 3.60. The van der Waals surface area contributed by atoms with Crippen LogP contribution in [0, 0.1) is 6.92 Å². The number of hydrogen-bond acceptors (Lipinski definition) is 2. The van der Waals surface area contributed by atoms with Crippen LogP contribution in [0.3, 0.4) is 0 Å². The Morgan fingerprint density at radius 2 is 1.81 bits per heavy atom. The maximum atomic E-state index is 12.8. The first-order valence-electron chi connectivity index (χ1n) is 6.24. The maximum absolute atomic E-state index is 12.8. The Balaban J connectivity index is 2.41. The molecule has 0 N–H and O–H groups in total. The Kier molecular flexibility index (Phi) is 4.26. The highest BCUT2D eigenvalue weighted by atomic mass is 19.4. The van der Waals surface area contributed by atoms with E-state index < -0.39 is 18.6 Å². The molecule has 0 fully saturated rings. The second kappa shape index (κ2) is 5.95. The molecule has 0 aliphatic carbocycles. The minimum absolute atomic E-state index is 0.158. The fourth-order valence-electron chi connectivity index (χ4n) is 1.92. The number of pyridine rings is 1. The number of nitrogens with zero attached hydrogens (tertiary/aromatic N) is 2. The lowest BCUT2D eigenvalue weighted by Gasteiger charge is -2.24. The van der Waals surface area contributed by atoms with Gasteiger partial charge in [-0.1, -0.05) is 18.2 Å². The number of aryl methyl sites for hydroxylation is 1. The first kappa shape index (κ1) is 15.0. The van der Waals surface area contributed by atoms with Crippen LogP contribution < -0.4 is 4.90 Å². The van der Waals surface area contributed by atoms with E-state index in [1.807, 2.05) is 0 Å². The number of rotatable bonds is 3. The number of anilines is 1. The molecule has 0 radical (unpaired) electrons. The third kappa shape index (κ3) is 3.81. The number of hydrogen-bond donors (Lipinski definition) is 0. The molecule has 2 rings (SSSR count). The predicted molar refractivity (Wildman–Crippen MR) is 73.1 cm³/mol. The average molecular weight is 294 g/mol. The van der Waals surface area contributed by atoms with Gasteiger partial charge in [-0.25, -0.2) is 0 Å². The minimum atomic E-state index is -4.48. The molecule has 0 saturated carbocycles. The fraction of sp³-hybridized carbons (Fsp3) is 0.200. The zero-order chi connectivity index (χ0) is 15.5. The Labute approximate surface area is 120 Å². The summed E-state index contributed by atoms with van der Waals surface area (Å²) in [5, 5.41) is 0. The van der Waals surface area contributed by atoms with E-state index in [0.29, 0.717) is 10.6 Å². The van der Waals surface area contributed by atoms with Crippen molar-refractivity contribution in [2.45, 2.75) is 13.1 Å². The molecule has 1 heterocycles. The molecule has 1 aromatic carbocycles. The molecule has 1 amide bonds. The molecule has 2 aromatic rings. The summed E-state index contributed by atoms with van der Waals surface area (Å²) in [4.78, 5) is 17.1. The summed E-state index contributed by atoms with van der Waals surface area (Å²) in [5.41, 5.74) is 0.749. The van der Waals surface area contributed by atoms with E-state index in [4.69, 9.17) is 0 Å². The van der Waals surface area contributed by atoms with E-state index in [-0.39, 0.29) is 11.3 Å². The molecule has 0 saturated heterocycles. The Morgan fingerprint density at radius 1 is 1.14 bits per heavy atom. The number of para-hydroxylation sites is 1. The van der Waals surface area contributed by atoms with Crippen molar-refractivity contribution in [3.8, 4) is 0 Å². The van der Waals surface area contributed by atoms with Gasteiger partial charge in [0.2, 0.25) is 0 Å². The molecule has 0 bridgehead atoms. The summed E-state index contributed by atoms with van der Waals surface area (Å²) in [5.74, 6) is -0.718. The van der Waals surface area contributed by atoms with E-state index in [0.717, 1.165) is 0 Å². The van der Waals surface area contributed by atoms with Crippen LogP contribution in [-0.4, -0.2) is 23.6 Å². The SMILES string of the molecule is Cc1ncccc1C(=O)N(CC(F)(F)F)c1ccccc1. The van der Waals surface area contributed by atoms with Crippen LogP contribution in [0.2, 0.25) is 0 Å². The number of aromatic nitrogens is 1. The van der Waals surface area contributed by atoms with E-state index in [1.165, 1.54) is 30.5 Å². The average Bonchev–Trinajstić information content (AvgIpc) is 2.45. The number of benzene rings is 1. The molecular weight excluding hydrogens is 281 g/mol. The van der Waals surface area contributed by atoms with Crippen molar-refractivity contribution in [2.24, 2.45) is 0 Å². The van der Waals surface area contributed by atoms with E-state index >= 15 is 0 Å². The van der Waals surface area contributed by atoms with E-state index in [2.05, 4.69) is 4.98 Å². The molecular formula is C15H13F3N2O. The van der Waals surface area contributed by atoms with Gasteiger partial charge in [0.05, 0.1) is 5.56 Å². The highest BCUT2D eigenvalue weighted by Crippen LogP contribution is 2.24. The van der Waals surface area contributed by atoms with Gasteiger partial charge in [-0.15, -0.1) is 0 Å². The number of halogens is 3. The highest BCUT2D eigenvalue weighted by Gasteiger charge is 2.34. The molecule has 0 unspecified atom stereocenters. The topological polar surface area (TPSA) is 33.2 Å². The lowest BCUT2D eigenvalue weighted by Crippen LogP contribution is -2.39. The normalized spacial score (nSPS) is 11.2. The van der Waals surface area contributed by atoms with Crippen LogP contribution in [0.15, 0.2) is 48.7 Å². The molecule has 0 aliphatic rings. The monoisotopic (exact) mass is 294 g/mol. The van der Waals surface area contributed by atoms with Gasteiger partial charge < -0.3 is 0 Å². The Bertz CT molecular complexity index is 626. The minimum Gasteiger partial charge on any atom is -0.299 e. The van der Waals surface area contributed by atoms with Crippen molar-refractivity contribution in [2.75, 3.05) is 11.4 Å². The summed E-state index contributed by atoms with van der Waals surface area (Å²) in [7, 11) is 0. The zero-order valence-corrected chi connectivity index (χ0v) is 11.3. The number of alkyl halides is 3. The van der Waals surface area contributed by atoms with Gasteiger partial charge in [0, 0.05) is 17.6 Å². The molecule has 0 spiro atoms. The summed E-state index contributed by atoms with van der Waals surface area (Å²) >= 11 is 0. The van der Waals surface area contributed by atoms with Crippen LogP contribution in [0.4, 0.5) is 18.9 Å². The third-order valence-corrected chi connectivity index (χ3v) is 2.89. The lowest BCUT2D eigenvalue weighted by atomic mass is 10.1. The molecule has 3 nitrogen and oxygen atoms in total. The molecule has 6 heteroatoms. The van der Waals surface area contributed by atoms with Crippen LogP contribution in [0.5, 0.6) is 0 Å². The molecule has 0 aliphatic heterocycles. The van der Waals surface area contributed by atoms with Gasteiger partial charge in [0.15, 0.2) is 0 Å². The van der Waals surface area contributed by atoms with Crippen LogP contribution >= 0.6 is 0 Å².